The standard InChI is InChI=1S/C13H15NO3S/c1-17-11-7-10(8-11)14-13(16)12-9(3-2-5-15)4-6-18-12/h4,6,10-11,15H,5,7-8H2,1H3,(H,14,16). The van der Waals surface area contributed by atoms with Crippen LogP contribution in [0.2, 0.25) is 0 Å². The zero-order chi connectivity index (χ0) is 13.0. The number of thiophene rings is 1. The molecule has 5 heteroatoms. The number of nitrogens with one attached hydrogen (secondary N) is 1. The van der Waals surface area contributed by atoms with E-state index < -0.39 is 0 Å². The van der Waals surface area contributed by atoms with E-state index >= 15 is 0 Å². The number of carbonyl (C=O) groups is 1. The maximum Gasteiger partial charge on any atom is 0.262 e. The first-order chi connectivity index (χ1) is 8.74. The molecule has 1 amide bonds. The summed E-state index contributed by atoms with van der Waals surface area (Å²) in [4.78, 5) is 12.6. The molecule has 1 fully saturated rings. The van der Waals surface area contributed by atoms with Gasteiger partial charge in [0.05, 0.1) is 6.10 Å². The van der Waals surface area contributed by atoms with Gasteiger partial charge in [-0.1, -0.05) is 11.8 Å². The van der Waals surface area contributed by atoms with Crippen LogP contribution in [-0.4, -0.2) is 36.9 Å². The molecule has 0 unspecified atom stereocenters. The van der Waals surface area contributed by atoms with Gasteiger partial charge in [0, 0.05) is 18.7 Å². The highest BCUT2D eigenvalue weighted by Gasteiger charge is 2.30. The van der Waals surface area contributed by atoms with Crippen molar-refractivity contribution in [1.29, 1.82) is 0 Å². The maximum atomic E-state index is 12.0. The van der Waals surface area contributed by atoms with Crippen molar-refractivity contribution in [2.24, 2.45) is 0 Å². The Labute approximate surface area is 110 Å². The number of hydrogen-bond acceptors (Lipinski definition) is 4. The monoisotopic (exact) mass is 265 g/mol. The van der Waals surface area contributed by atoms with Crippen molar-refractivity contribution in [3.05, 3.63) is 21.9 Å². The maximum absolute atomic E-state index is 12.0. The average molecular weight is 265 g/mol. The van der Waals surface area contributed by atoms with E-state index in [-0.39, 0.29) is 24.7 Å². The second kappa shape index (κ2) is 6.01. The molecular formula is C13H15NO3S. The molecule has 96 valence electrons. The Hall–Kier alpha value is -1.35. The lowest BCUT2D eigenvalue weighted by Gasteiger charge is -2.34. The summed E-state index contributed by atoms with van der Waals surface area (Å²) in [5, 5.41) is 13.4. The number of ether oxygens (including phenoxy) is 1. The van der Waals surface area contributed by atoms with Crippen molar-refractivity contribution in [3.8, 4) is 11.8 Å². The van der Waals surface area contributed by atoms with Gasteiger partial charge in [0.2, 0.25) is 0 Å². The van der Waals surface area contributed by atoms with E-state index in [1.165, 1.54) is 11.3 Å². The average Bonchev–Trinajstić information content (AvgIpc) is 2.78. The Morgan fingerprint density at radius 2 is 2.44 bits per heavy atom. The van der Waals surface area contributed by atoms with Crippen molar-refractivity contribution >= 4 is 17.2 Å². The van der Waals surface area contributed by atoms with Gasteiger partial charge >= 0.3 is 0 Å². The fourth-order valence-electron chi connectivity index (χ4n) is 1.85. The highest BCUT2D eigenvalue weighted by Crippen LogP contribution is 2.24. The van der Waals surface area contributed by atoms with Crippen LogP contribution in [0, 0.1) is 11.8 Å². The van der Waals surface area contributed by atoms with Crippen molar-refractivity contribution < 1.29 is 14.6 Å². The summed E-state index contributed by atoms with van der Waals surface area (Å²) in [6.45, 7) is -0.199. The molecule has 0 atom stereocenters. The smallest absolute Gasteiger partial charge is 0.262 e. The molecule has 18 heavy (non-hydrogen) atoms. The number of carbonyl (C=O) groups excluding carboxylic acids is 1. The van der Waals surface area contributed by atoms with E-state index in [9.17, 15) is 4.79 Å². The van der Waals surface area contributed by atoms with Gasteiger partial charge in [-0.2, -0.15) is 0 Å². The Kier molecular flexibility index (Phi) is 4.37. The summed E-state index contributed by atoms with van der Waals surface area (Å²) in [6.07, 6.45) is 2.00. The molecule has 1 aromatic heterocycles. The lowest BCUT2D eigenvalue weighted by molar-refractivity contribution is 0.0177. The first-order valence-electron chi connectivity index (χ1n) is 5.75. The summed E-state index contributed by atoms with van der Waals surface area (Å²) >= 11 is 1.36. The van der Waals surface area contributed by atoms with Crippen LogP contribution >= 0.6 is 11.3 Å². The Balaban J connectivity index is 1.95. The minimum Gasteiger partial charge on any atom is -0.384 e. The van der Waals surface area contributed by atoms with Crippen LogP contribution < -0.4 is 5.32 Å². The number of methoxy groups -OCH3 is 1. The summed E-state index contributed by atoms with van der Waals surface area (Å²) in [5.74, 6) is 5.24. The van der Waals surface area contributed by atoms with E-state index in [1.807, 2.05) is 5.38 Å². The van der Waals surface area contributed by atoms with E-state index in [4.69, 9.17) is 9.84 Å². The lowest BCUT2D eigenvalue weighted by atomic mass is 9.89. The Morgan fingerprint density at radius 3 is 3.11 bits per heavy atom. The minimum atomic E-state index is -0.199. The van der Waals surface area contributed by atoms with Crippen molar-refractivity contribution in [3.63, 3.8) is 0 Å². The third-order valence-electron chi connectivity index (χ3n) is 2.94. The summed E-state index contributed by atoms with van der Waals surface area (Å²) in [6, 6.07) is 1.99. The second-order valence-corrected chi connectivity index (χ2v) is 5.04. The van der Waals surface area contributed by atoms with Gasteiger partial charge < -0.3 is 15.2 Å². The summed E-state index contributed by atoms with van der Waals surface area (Å²) < 4.78 is 5.17. The van der Waals surface area contributed by atoms with Gasteiger partial charge in [0.25, 0.3) is 5.91 Å². The van der Waals surface area contributed by atoms with Crippen molar-refractivity contribution in [2.45, 2.75) is 25.0 Å². The molecule has 0 aromatic carbocycles. The molecular weight excluding hydrogens is 250 g/mol. The fraction of sp³-hybridized carbons (Fsp3) is 0.462. The number of rotatable bonds is 3. The molecule has 2 N–H and O–H groups in total. The largest absolute Gasteiger partial charge is 0.384 e. The zero-order valence-electron chi connectivity index (χ0n) is 10.1. The number of aliphatic hydroxyl groups is 1. The van der Waals surface area contributed by atoms with Crippen molar-refractivity contribution in [1.82, 2.24) is 5.32 Å². The van der Waals surface area contributed by atoms with E-state index in [1.54, 1.807) is 13.2 Å². The van der Waals surface area contributed by atoms with Gasteiger partial charge in [-0.25, -0.2) is 0 Å². The highest BCUT2D eigenvalue weighted by molar-refractivity contribution is 7.12. The lowest BCUT2D eigenvalue weighted by Crippen LogP contribution is -2.47. The molecule has 1 aromatic rings. The summed E-state index contributed by atoms with van der Waals surface area (Å²) in [7, 11) is 1.69. The van der Waals surface area contributed by atoms with Gasteiger partial charge in [0.15, 0.2) is 0 Å². The molecule has 0 saturated heterocycles. The van der Waals surface area contributed by atoms with Crippen LogP contribution in [-0.2, 0) is 4.74 Å². The van der Waals surface area contributed by atoms with Crippen LogP contribution in [0.15, 0.2) is 11.4 Å². The van der Waals surface area contributed by atoms with Crippen molar-refractivity contribution in [2.75, 3.05) is 13.7 Å². The van der Waals surface area contributed by atoms with Crippen LogP contribution in [0.5, 0.6) is 0 Å². The normalized spacial score (nSPS) is 21.7. The fourth-order valence-corrected chi connectivity index (χ4v) is 2.60. The molecule has 2 rings (SSSR count). The summed E-state index contributed by atoms with van der Waals surface area (Å²) in [5.41, 5.74) is 0.675. The quantitative estimate of drug-likeness (QED) is 0.802. The van der Waals surface area contributed by atoms with Gasteiger partial charge in [-0.05, 0) is 24.3 Å². The molecule has 0 spiro atoms. The highest BCUT2D eigenvalue weighted by atomic mass is 32.1. The van der Waals surface area contributed by atoms with Crippen LogP contribution in [0.1, 0.15) is 28.1 Å². The van der Waals surface area contributed by atoms with Crippen LogP contribution in [0.3, 0.4) is 0 Å². The molecule has 0 radical (unpaired) electrons. The molecule has 1 saturated carbocycles. The number of hydrogen-bond donors (Lipinski definition) is 2. The second-order valence-electron chi connectivity index (χ2n) is 4.12. The van der Waals surface area contributed by atoms with E-state index in [2.05, 4.69) is 17.2 Å². The molecule has 1 aliphatic rings. The number of amides is 1. The molecule has 0 aliphatic heterocycles. The first-order valence-corrected chi connectivity index (χ1v) is 6.63. The molecule has 4 nitrogen and oxygen atoms in total. The minimum absolute atomic E-state index is 0.0909. The van der Waals surface area contributed by atoms with Gasteiger partial charge in [-0.3, -0.25) is 4.79 Å². The predicted molar refractivity (Wildman–Crippen MR) is 69.6 cm³/mol. The molecule has 1 heterocycles. The topological polar surface area (TPSA) is 58.6 Å². The Bertz CT molecular complexity index is 480. The number of aliphatic hydroxyl groups excluding tert-OH is 1. The Morgan fingerprint density at radius 1 is 1.67 bits per heavy atom. The first kappa shape index (κ1) is 13.1. The van der Waals surface area contributed by atoms with Gasteiger partial charge in [0.1, 0.15) is 11.5 Å². The third-order valence-corrected chi connectivity index (χ3v) is 3.85. The third kappa shape index (κ3) is 2.91. The van der Waals surface area contributed by atoms with Crippen LogP contribution in [0.25, 0.3) is 0 Å². The van der Waals surface area contributed by atoms with E-state index in [0.717, 1.165) is 12.8 Å². The van der Waals surface area contributed by atoms with Crippen LogP contribution in [0.4, 0.5) is 0 Å². The molecule has 0 bridgehead atoms. The van der Waals surface area contributed by atoms with E-state index in [0.29, 0.717) is 10.4 Å². The zero-order valence-corrected chi connectivity index (χ0v) is 10.9. The van der Waals surface area contributed by atoms with Gasteiger partial charge in [-0.15, -0.1) is 11.3 Å². The molecule has 1 aliphatic carbocycles. The predicted octanol–water partition coefficient (Wildman–Crippen LogP) is 0.999. The SMILES string of the molecule is COC1CC(NC(=O)c2sccc2C#CCO)C1.